The third-order valence-electron chi connectivity index (χ3n) is 3.15. The molecule has 2 aliphatic carbocycles. The Morgan fingerprint density at radius 2 is 2.17 bits per heavy atom. The summed E-state index contributed by atoms with van der Waals surface area (Å²) in [4.78, 5) is 17.3. The summed E-state index contributed by atoms with van der Waals surface area (Å²) in [5.41, 5.74) is 12.1. The van der Waals surface area contributed by atoms with Gasteiger partial charge in [-0.1, -0.05) is 11.6 Å². The number of nitrogen functional groups attached to an aromatic ring is 2. The fraction of sp³-hybridized carbons (Fsp3) is 0.455. The van der Waals surface area contributed by atoms with Crippen LogP contribution < -0.4 is 16.2 Å². The van der Waals surface area contributed by atoms with E-state index in [1.165, 1.54) is 26.4 Å². The number of anilines is 2. The lowest BCUT2D eigenvalue weighted by Crippen LogP contribution is -2.21. The Balaban J connectivity index is 0.000000164. The van der Waals surface area contributed by atoms with Crippen molar-refractivity contribution in [2.45, 2.75) is 19.3 Å². The van der Waals surface area contributed by atoms with E-state index in [0.29, 0.717) is 0 Å². The second-order valence-electron chi connectivity index (χ2n) is 4.17. The second-order valence-corrected chi connectivity index (χ2v) is 4.17. The maximum atomic E-state index is 10.2. The molecule has 1 heterocycles. The molecule has 2 aliphatic rings. The van der Waals surface area contributed by atoms with Gasteiger partial charge in [0, 0.05) is 0 Å². The molecule has 96 valence electrons. The maximum Gasteiger partial charge on any atom is 0.250 e. The van der Waals surface area contributed by atoms with Crippen molar-refractivity contribution in [3.8, 4) is 5.88 Å². The third-order valence-corrected chi connectivity index (χ3v) is 3.15. The first-order chi connectivity index (χ1) is 8.65. The molecule has 1 aromatic rings. The molecular weight excluding hydrogens is 234 g/mol. The molecule has 1 aromatic heterocycles. The smallest absolute Gasteiger partial charge is 0.250 e. The highest BCUT2D eigenvalue weighted by Gasteiger charge is 2.28. The van der Waals surface area contributed by atoms with Gasteiger partial charge in [0.15, 0.2) is 5.82 Å². The lowest BCUT2D eigenvalue weighted by atomic mass is 9.69. The minimum Gasteiger partial charge on any atom is -0.479 e. The molecule has 1 atom stereocenters. The van der Waals surface area contributed by atoms with E-state index >= 15 is 0 Å². The van der Waals surface area contributed by atoms with Crippen molar-refractivity contribution in [3.05, 3.63) is 16.6 Å². The van der Waals surface area contributed by atoms with Crippen LogP contribution >= 0.6 is 0 Å². The number of allylic oxidation sites excluding steroid dienone is 2. The molecule has 0 bridgehead atoms. The second kappa shape index (κ2) is 4.99. The molecule has 1 unspecified atom stereocenters. The quantitative estimate of drug-likeness (QED) is 0.609. The van der Waals surface area contributed by atoms with Crippen molar-refractivity contribution in [2.75, 3.05) is 18.6 Å². The molecule has 3 rings (SSSR count). The van der Waals surface area contributed by atoms with Crippen molar-refractivity contribution in [1.29, 1.82) is 0 Å². The van der Waals surface area contributed by atoms with E-state index in [1.54, 1.807) is 5.57 Å². The van der Waals surface area contributed by atoms with Crippen molar-refractivity contribution in [3.63, 3.8) is 0 Å². The normalized spacial score (nSPS) is 19.2. The number of rotatable bonds is 2. The number of hydrogen-bond acceptors (Lipinski definition) is 7. The van der Waals surface area contributed by atoms with Crippen LogP contribution in [0.1, 0.15) is 19.3 Å². The van der Waals surface area contributed by atoms with Crippen LogP contribution in [0.5, 0.6) is 5.88 Å². The van der Waals surface area contributed by atoms with Gasteiger partial charge in [-0.2, -0.15) is 9.97 Å². The summed E-state index contributed by atoms with van der Waals surface area (Å²) in [6, 6.07) is 0. The fourth-order valence-corrected chi connectivity index (χ4v) is 1.88. The summed E-state index contributed by atoms with van der Waals surface area (Å²) in [6.07, 6.45) is 6.68. The van der Waals surface area contributed by atoms with Crippen LogP contribution in [0.3, 0.4) is 0 Å². The van der Waals surface area contributed by atoms with Crippen LogP contribution in [0.15, 0.2) is 16.8 Å². The number of methoxy groups -OCH3 is 1. The number of hydrogen-bond donors (Lipinski definition) is 2. The van der Waals surface area contributed by atoms with Crippen LogP contribution in [-0.4, -0.2) is 17.1 Å². The Morgan fingerprint density at radius 1 is 1.44 bits per heavy atom. The predicted molar refractivity (Wildman–Crippen MR) is 68.3 cm³/mol. The third kappa shape index (κ3) is 2.24. The Labute approximate surface area is 104 Å². The van der Waals surface area contributed by atoms with Crippen LogP contribution in [0.4, 0.5) is 17.5 Å². The number of nitrogens with zero attached hydrogens (tertiary/aromatic N) is 3. The first-order valence-electron chi connectivity index (χ1n) is 5.65. The summed E-state index contributed by atoms with van der Waals surface area (Å²) in [5.74, 6) is 0.908. The molecule has 4 N–H and O–H groups in total. The van der Waals surface area contributed by atoms with Crippen LogP contribution in [0, 0.1) is 10.8 Å². The summed E-state index contributed by atoms with van der Waals surface area (Å²) in [5, 5.41) is 2.60. The monoisotopic (exact) mass is 249 g/mol. The standard InChI is InChI=1S/C6H8.C5H7N5O2/c1-2-6-4-3-5(1)6;1-12-4-2(10-11)3(6)8-5(7)9-4/h1,6H,2-4H2;1H3,(H4,6,7,8,9). The van der Waals surface area contributed by atoms with Gasteiger partial charge in [-0.15, -0.1) is 4.91 Å². The molecule has 0 aliphatic heterocycles. The number of ether oxygens (including phenoxy) is 1. The van der Waals surface area contributed by atoms with Crippen molar-refractivity contribution >= 4 is 17.5 Å². The van der Waals surface area contributed by atoms with E-state index in [-0.39, 0.29) is 23.3 Å². The Hall–Kier alpha value is -2.18. The molecule has 0 radical (unpaired) electrons. The molecule has 1 fully saturated rings. The van der Waals surface area contributed by atoms with Gasteiger partial charge in [0.1, 0.15) is 0 Å². The highest BCUT2D eigenvalue weighted by atomic mass is 16.5. The average Bonchev–Trinajstić information content (AvgIpc) is 2.33. The molecule has 1 saturated carbocycles. The molecule has 18 heavy (non-hydrogen) atoms. The number of nitrogens with two attached hydrogens (primary N) is 2. The summed E-state index contributed by atoms with van der Waals surface area (Å²) in [7, 11) is 1.33. The summed E-state index contributed by atoms with van der Waals surface area (Å²) >= 11 is 0. The molecule has 0 aromatic carbocycles. The van der Waals surface area contributed by atoms with E-state index in [0.717, 1.165) is 5.92 Å². The largest absolute Gasteiger partial charge is 0.479 e. The zero-order valence-corrected chi connectivity index (χ0v) is 10.1. The van der Waals surface area contributed by atoms with Crippen LogP contribution in [0.2, 0.25) is 0 Å². The lowest BCUT2D eigenvalue weighted by Gasteiger charge is -2.36. The average molecular weight is 249 g/mol. The van der Waals surface area contributed by atoms with E-state index in [4.69, 9.17) is 16.2 Å². The van der Waals surface area contributed by atoms with E-state index in [2.05, 4.69) is 21.2 Å². The topological polar surface area (TPSA) is 116 Å². The SMILES string of the molecule is C1=C2CCC2C1.COc1nc(N)nc(N)c1N=O. The summed E-state index contributed by atoms with van der Waals surface area (Å²) in [6.45, 7) is 0. The summed E-state index contributed by atoms with van der Waals surface area (Å²) < 4.78 is 4.69. The molecule has 0 spiro atoms. The van der Waals surface area contributed by atoms with Gasteiger partial charge in [0.25, 0.3) is 5.88 Å². The highest BCUT2D eigenvalue weighted by Crippen LogP contribution is 2.43. The Kier molecular flexibility index (Phi) is 3.40. The minimum atomic E-state index is -0.133. The molecule has 0 saturated heterocycles. The fourth-order valence-electron chi connectivity index (χ4n) is 1.88. The van der Waals surface area contributed by atoms with Gasteiger partial charge in [0.2, 0.25) is 11.6 Å². The Morgan fingerprint density at radius 3 is 2.50 bits per heavy atom. The van der Waals surface area contributed by atoms with E-state index in [9.17, 15) is 4.91 Å². The number of nitroso groups, excluding NO2 is 1. The van der Waals surface area contributed by atoms with Gasteiger partial charge in [0.05, 0.1) is 7.11 Å². The highest BCUT2D eigenvalue weighted by molar-refractivity contribution is 5.65. The van der Waals surface area contributed by atoms with Crippen molar-refractivity contribution in [1.82, 2.24) is 9.97 Å². The van der Waals surface area contributed by atoms with Crippen LogP contribution in [-0.2, 0) is 0 Å². The van der Waals surface area contributed by atoms with E-state index < -0.39 is 0 Å². The minimum absolute atomic E-state index is 0.0185. The molecule has 0 amide bonds. The van der Waals surface area contributed by atoms with Gasteiger partial charge < -0.3 is 16.2 Å². The molecule has 7 heteroatoms. The molecule has 7 nitrogen and oxygen atoms in total. The van der Waals surface area contributed by atoms with Gasteiger partial charge in [-0.05, 0) is 30.4 Å². The predicted octanol–water partition coefficient (Wildman–Crippen LogP) is 1.77. The van der Waals surface area contributed by atoms with E-state index in [1.807, 2.05) is 0 Å². The Bertz CT molecular complexity index is 500. The number of aromatic nitrogens is 2. The van der Waals surface area contributed by atoms with Gasteiger partial charge in [-0.3, -0.25) is 0 Å². The molecular formula is C11H15N5O2. The van der Waals surface area contributed by atoms with Crippen molar-refractivity contribution in [2.24, 2.45) is 11.1 Å². The van der Waals surface area contributed by atoms with Gasteiger partial charge in [-0.25, -0.2) is 0 Å². The zero-order chi connectivity index (χ0) is 13.1. The van der Waals surface area contributed by atoms with Crippen LogP contribution in [0.25, 0.3) is 0 Å². The maximum absolute atomic E-state index is 10.2. The van der Waals surface area contributed by atoms with Crippen molar-refractivity contribution < 1.29 is 4.74 Å². The first-order valence-corrected chi connectivity index (χ1v) is 5.65. The van der Waals surface area contributed by atoms with Gasteiger partial charge >= 0.3 is 0 Å². The lowest BCUT2D eigenvalue weighted by molar-refractivity contribution is 0.396. The first kappa shape index (κ1) is 12.3. The number of fused-ring (bicyclic) bond motifs is 1. The zero-order valence-electron chi connectivity index (χ0n) is 10.1.